The van der Waals surface area contributed by atoms with Crippen molar-refractivity contribution in [2.24, 2.45) is 0 Å². The molecule has 1 aromatic rings. The lowest BCUT2D eigenvalue weighted by Crippen LogP contribution is -2.41. The molecule has 7 heteroatoms. The molecule has 6 nitrogen and oxygen atoms in total. The molecule has 0 bridgehead atoms. The van der Waals surface area contributed by atoms with Crippen molar-refractivity contribution in [1.82, 2.24) is 20.0 Å². The summed E-state index contributed by atoms with van der Waals surface area (Å²) >= 11 is 3.88. The molecule has 1 N–H and O–H groups in total. The smallest absolute Gasteiger partial charge is 0.279 e. The predicted octanol–water partition coefficient (Wildman–Crippen LogP) is 0.423. The minimum absolute atomic E-state index is 0.0718. The molecule has 0 unspecified atom stereocenters. The minimum Gasteiger partial charge on any atom is -0.349 e. The second-order valence-corrected chi connectivity index (χ2v) is 5.10. The number of amides is 2. The minimum atomic E-state index is -0.260. The first-order valence-electron chi connectivity index (χ1n) is 5.94. The Labute approximate surface area is 110 Å². The van der Waals surface area contributed by atoms with Gasteiger partial charge < -0.3 is 10.2 Å². The van der Waals surface area contributed by atoms with E-state index in [-0.39, 0.29) is 17.2 Å². The third-order valence-corrected chi connectivity index (χ3v) is 3.81. The van der Waals surface area contributed by atoms with Crippen molar-refractivity contribution >= 4 is 23.8 Å². The molecule has 0 aliphatic carbocycles. The van der Waals surface area contributed by atoms with Crippen molar-refractivity contribution in [2.45, 2.75) is 32.5 Å². The normalized spacial score (nSPS) is 22.2. The Morgan fingerprint density at radius 2 is 2.33 bits per heavy atom. The molecule has 1 aromatic heterocycles. The molecule has 3 heterocycles. The van der Waals surface area contributed by atoms with Gasteiger partial charge in [0.2, 0.25) is 0 Å². The summed E-state index contributed by atoms with van der Waals surface area (Å²) in [7, 11) is 0. The van der Waals surface area contributed by atoms with Gasteiger partial charge in [-0.3, -0.25) is 14.3 Å². The van der Waals surface area contributed by atoms with Crippen LogP contribution in [0.4, 0.5) is 4.79 Å². The van der Waals surface area contributed by atoms with Crippen molar-refractivity contribution in [3.8, 4) is 0 Å². The van der Waals surface area contributed by atoms with E-state index in [0.29, 0.717) is 31.7 Å². The maximum Gasteiger partial charge on any atom is 0.279 e. The first-order valence-corrected chi connectivity index (χ1v) is 6.39. The predicted molar refractivity (Wildman–Crippen MR) is 67.7 cm³/mol. The van der Waals surface area contributed by atoms with Gasteiger partial charge in [-0.25, -0.2) is 0 Å². The fourth-order valence-corrected chi connectivity index (χ4v) is 2.89. The van der Waals surface area contributed by atoms with Gasteiger partial charge in [-0.1, -0.05) is 12.6 Å². The van der Waals surface area contributed by atoms with Gasteiger partial charge in [0.1, 0.15) is 5.69 Å². The van der Waals surface area contributed by atoms with Crippen LogP contribution in [0, 0.1) is 0 Å². The summed E-state index contributed by atoms with van der Waals surface area (Å²) in [6.07, 6.45) is 0.676. The van der Waals surface area contributed by atoms with Crippen LogP contribution in [0.5, 0.6) is 0 Å². The van der Waals surface area contributed by atoms with Gasteiger partial charge in [0.05, 0.1) is 18.8 Å². The fraction of sp³-hybridized carbons (Fsp3) is 0.545. The fourth-order valence-electron chi connectivity index (χ4n) is 2.63. The maximum absolute atomic E-state index is 11.9. The Morgan fingerprint density at radius 1 is 1.56 bits per heavy atom. The molecule has 2 amide bonds. The second kappa shape index (κ2) is 4.01. The maximum atomic E-state index is 11.9. The van der Waals surface area contributed by atoms with Crippen LogP contribution >= 0.6 is 12.6 Å². The highest BCUT2D eigenvalue weighted by Crippen LogP contribution is 2.27. The summed E-state index contributed by atoms with van der Waals surface area (Å²) in [5.41, 5.74) is 2.40. The van der Waals surface area contributed by atoms with Crippen LogP contribution in [0.25, 0.3) is 0 Å². The molecule has 18 heavy (non-hydrogen) atoms. The molecule has 0 saturated carbocycles. The highest BCUT2D eigenvalue weighted by Gasteiger charge is 2.33. The number of fused-ring (bicyclic) bond motifs is 3. The number of hydrogen-bond donors (Lipinski definition) is 2. The molecule has 0 spiro atoms. The molecule has 2 aliphatic heterocycles. The summed E-state index contributed by atoms with van der Waals surface area (Å²) in [4.78, 5) is 25.0. The third-order valence-electron chi connectivity index (χ3n) is 3.55. The molecule has 1 atom stereocenters. The standard InChI is InChI=1S/C11H14N4O2S/c1-6-4-8-7(5-14(6)11(17)18)9-10(16)12-2-3-15(9)13-8/h6H,2-5H2,1H3,(H,12,16)(H,17,18)/t6-/m1/s1. The Bertz CT molecular complexity index is 539. The lowest BCUT2D eigenvalue weighted by molar-refractivity contribution is 0.0921. The van der Waals surface area contributed by atoms with Gasteiger partial charge in [-0.2, -0.15) is 5.10 Å². The van der Waals surface area contributed by atoms with Crippen LogP contribution in [0.3, 0.4) is 0 Å². The Balaban J connectivity index is 2.06. The van der Waals surface area contributed by atoms with E-state index in [4.69, 9.17) is 0 Å². The number of rotatable bonds is 0. The average Bonchev–Trinajstić information content (AvgIpc) is 2.65. The molecular weight excluding hydrogens is 252 g/mol. The summed E-state index contributed by atoms with van der Waals surface area (Å²) in [6, 6.07) is 0.0718. The Hall–Kier alpha value is -1.50. The Morgan fingerprint density at radius 3 is 3.06 bits per heavy atom. The van der Waals surface area contributed by atoms with Crippen LogP contribution in [0.1, 0.15) is 28.7 Å². The lowest BCUT2D eigenvalue weighted by Gasteiger charge is -2.31. The number of nitrogens with zero attached hydrogens (tertiary/aromatic N) is 3. The zero-order valence-electron chi connectivity index (χ0n) is 10.0. The van der Waals surface area contributed by atoms with E-state index in [2.05, 4.69) is 23.0 Å². The average molecular weight is 266 g/mol. The van der Waals surface area contributed by atoms with Crippen LogP contribution in [-0.4, -0.2) is 38.4 Å². The van der Waals surface area contributed by atoms with Crippen molar-refractivity contribution in [3.05, 3.63) is 17.0 Å². The van der Waals surface area contributed by atoms with Gasteiger partial charge in [0.15, 0.2) is 0 Å². The third kappa shape index (κ3) is 1.61. The first-order chi connectivity index (χ1) is 8.58. The number of aromatic nitrogens is 2. The molecule has 2 aliphatic rings. The van der Waals surface area contributed by atoms with Gasteiger partial charge in [-0.15, -0.1) is 0 Å². The van der Waals surface area contributed by atoms with Gasteiger partial charge in [0, 0.05) is 24.6 Å². The van der Waals surface area contributed by atoms with Crippen LogP contribution < -0.4 is 5.32 Å². The monoisotopic (exact) mass is 266 g/mol. The zero-order chi connectivity index (χ0) is 12.9. The SMILES string of the molecule is C[C@@H]1Cc2nn3c(c2CN1C(=O)S)C(=O)NCC3. The summed E-state index contributed by atoms with van der Waals surface area (Å²) in [6.45, 7) is 3.69. The molecule has 0 fully saturated rings. The molecule has 0 saturated heterocycles. The van der Waals surface area contributed by atoms with Gasteiger partial charge in [-0.05, 0) is 6.92 Å². The largest absolute Gasteiger partial charge is 0.349 e. The lowest BCUT2D eigenvalue weighted by atomic mass is 10.00. The van der Waals surface area contributed by atoms with Crippen molar-refractivity contribution in [1.29, 1.82) is 0 Å². The zero-order valence-corrected chi connectivity index (χ0v) is 10.9. The van der Waals surface area contributed by atoms with E-state index in [0.717, 1.165) is 11.3 Å². The van der Waals surface area contributed by atoms with E-state index in [9.17, 15) is 9.59 Å². The molecular formula is C11H14N4O2S. The number of thiol groups is 1. The number of nitrogens with one attached hydrogen (secondary N) is 1. The first kappa shape index (κ1) is 11.6. The second-order valence-electron chi connectivity index (χ2n) is 4.72. The van der Waals surface area contributed by atoms with Gasteiger partial charge >= 0.3 is 0 Å². The summed E-state index contributed by atoms with van der Waals surface area (Å²) in [5.74, 6) is -0.101. The van der Waals surface area contributed by atoms with E-state index < -0.39 is 0 Å². The van der Waals surface area contributed by atoms with Crippen LogP contribution in [0.15, 0.2) is 0 Å². The van der Waals surface area contributed by atoms with Crippen molar-refractivity contribution < 1.29 is 9.59 Å². The highest BCUT2D eigenvalue weighted by molar-refractivity contribution is 7.96. The van der Waals surface area contributed by atoms with E-state index in [1.54, 1.807) is 9.58 Å². The molecule has 3 rings (SSSR count). The molecule has 0 aromatic carbocycles. The Kier molecular flexibility index (Phi) is 2.58. The summed E-state index contributed by atoms with van der Waals surface area (Å²) in [5, 5.41) is 7.03. The van der Waals surface area contributed by atoms with Crippen LogP contribution in [0.2, 0.25) is 0 Å². The van der Waals surface area contributed by atoms with Gasteiger partial charge in [0.25, 0.3) is 11.1 Å². The topological polar surface area (TPSA) is 67.2 Å². The van der Waals surface area contributed by atoms with E-state index in [1.165, 1.54) is 0 Å². The van der Waals surface area contributed by atoms with Crippen molar-refractivity contribution in [3.63, 3.8) is 0 Å². The molecule has 0 radical (unpaired) electrons. The number of hydrogen-bond acceptors (Lipinski definition) is 3. The van der Waals surface area contributed by atoms with Crippen LogP contribution in [-0.2, 0) is 19.5 Å². The quantitative estimate of drug-likeness (QED) is 0.669. The van der Waals surface area contributed by atoms with E-state index in [1.807, 2.05) is 6.92 Å². The van der Waals surface area contributed by atoms with E-state index >= 15 is 0 Å². The highest BCUT2D eigenvalue weighted by atomic mass is 32.1. The number of carbonyl (C=O) groups is 2. The van der Waals surface area contributed by atoms with Crippen molar-refractivity contribution in [2.75, 3.05) is 6.54 Å². The summed E-state index contributed by atoms with van der Waals surface area (Å²) < 4.78 is 1.75. The number of carbonyl (C=O) groups excluding carboxylic acids is 2. The molecule has 96 valence electrons.